The molecule has 0 fully saturated rings. The number of anilines is 2. The highest BCUT2D eigenvalue weighted by Crippen LogP contribution is 2.22. The number of hydrogen-bond acceptors (Lipinski definition) is 3. The Labute approximate surface area is 107 Å². The Balaban J connectivity index is 2.30. The molecule has 0 radical (unpaired) electrons. The van der Waals surface area contributed by atoms with E-state index in [2.05, 4.69) is 26.2 Å². The van der Waals surface area contributed by atoms with Crippen LogP contribution in [0.25, 0.3) is 0 Å². The monoisotopic (exact) mass is 291 g/mol. The van der Waals surface area contributed by atoms with E-state index in [1.807, 2.05) is 18.2 Å². The van der Waals surface area contributed by atoms with E-state index >= 15 is 0 Å². The predicted octanol–water partition coefficient (Wildman–Crippen LogP) is 2.69. The van der Waals surface area contributed by atoms with E-state index in [-0.39, 0.29) is 0 Å². The number of nitrogens with one attached hydrogen (secondary N) is 1. The fraction of sp³-hybridized carbons (Fsp3) is 0. The summed E-state index contributed by atoms with van der Waals surface area (Å²) in [4.78, 5) is 15.1. The third kappa shape index (κ3) is 3.04. The molecule has 0 bridgehead atoms. The van der Waals surface area contributed by atoms with Crippen molar-refractivity contribution >= 4 is 33.2 Å². The summed E-state index contributed by atoms with van der Waals surface area (Å²) in [6.45, 7) is 0. The van der Waals surface area contributed by atoms with Crippen molar-refractivity contribution in [3.63, 3.8) is 0 Å². The van der Waals surface area contributed by atoms with Gasteiger partial charge >= 0.3 is 0 Å². The molecule has 1 heterocycles. The summed E-state index contributed by atoms with van der Waals surface area (Å²) < 4.78 is 0.792. The third-order valence-corrected chi connectivity index (χ3v) is 2.59. The zero-order valence-corrected chi connectivity index (χ0v) is 10.4. The molecule has 0 saturated carbocycles. The number of aromatic nitrogens is 1. The summed E-state index contributed by atoms with van der Waals surface area (Å²) in [5, 5.41) is 3.14. The van der Waals surface area contributed by atoms with Crippen molar-refractivity contribution in [2.45, 2.75) is 0 Å². The zero-order valence-electron chi connectivity index (χ0n) is 8.85. The minimum Gasteiger partial charge on any atom is -0.366 e. The van der Waals surface area contributed by atoms with Gasteiger partial charge in [0.25, 0.3) is 0 Å². The van der Waals surface area contributed by atoms with E-state index in [1.54, 1.807) is 24.5 Å². The highest BCUT2D eigenvalue weighted by Gasteiger charge is 2.04. The number of nitrogens with zero attached hydrogens (tertiary/aromatic N) is 1. The first-order valence-corrected chi connectivity index (χ1v) is 5.72. The molecule has 1 amide bonds. The van der Waals surface area contributed by atoms with Gasteiger partial charge in [-0.25, -0.2) is 0 Å². The molecule has 0 saturated heterocycles. The second-order valence-corrected chi connectivity index (χ2v) is 4.38. The van der Waals surface area contributed by atoms with Crippen LogP contribution in [0.3, 0.4) is 0 Å². The van der Waals surface area contributed by atoms with Crippen LogP contribution in [0.4, 0.5) is 11.4 Å². The summed E-state index contributed by atoms with van der Waals surface area (Å²) in [6, 6.07) is 8.95. The minimum absolute atomic E-state index is 0.450. The molecule has 2 rings (SSSR count). The van der Waals surface area contributed by atoms with E-state index < -0.39 is 5.91 Å². The van der Waals surface area contributed by atoms with Crippen molar-refractivity contribution in [2.75, 3.05) is 5.32 Å². The molecular weight excluding hydrogens is 282 g/mol. The topological polar surface area (TPSA) is 68.0 Å². The molecule has 1 aromatic heterocycles. The lowest BCUT2D eigenvalue weighted by Gasteiger charge is -2.07. The molecule has 0 spiro atoms. The number of nitrogens with two attached hydrogens (primary N) is 1. The second kappa shape index (κ2) is 4.97. The van der Waals surface area contributed by atoms with Crippen LogP contribution in [0, 0.1) is 0 Å². The maximum Gasteiger partial charge on any atom is 0.248 e. The minimum atomic E-state index is -0.458. The molecule has 4 nitrogen and oxygen atoms in total. The summed E-state index contributed by atoms with van der Waals surface area (Å²) in [6.07, 6.45) is 3.39. The van der Waals surface area contributed by atoms with Gasteiger partial charge in [-0.1, -0.05) is 15.9 Å². The van der Waals surface area contributed by atoms with Gasteiger partial charge in [-0.2, -0.15) is 0 Å². The van der Waals surface area contributed by atoms with Gasteiger partial charge in [-0.3, -0.25) is 9.78 Å². The van der Waals surface area contributed by atoms with Crippen LogP contribution in [-0.2, 0) is 0 Å². The molecule has 0 aliphatic heterocycles. The lowest BCUT2D eigenvalue weighted by atomic mass is 10.2. The smallest absolute Gasteiger partial charge is 0.248 e. The van der Waals surface area contributed by atoms with Crippen molar-refractivity contribution in [3.05, 3.63) is 52.8 Å². The molecule has 5 heteroatoms. The maximum absolute atomic E-state index is 11.1. The molecule has 1 aromatic carbocycles. The number of hydrogen-bond donors (Lipinski definition) is 2. The first-order chi connectivity index (χ1) is 8.15. The van der Waals surface area contributed by atoms with E-state index in [0.29, 0.717) is 5.56 Å². The van der Waals surface area contributed by atoms with Crippen molar-refractivity contribution in [1.82, 2.24) is 4.98 Å². The largest absolute Gasteiger partial charge is 0.366 e. The Bertz CT molecular complexity index is 543. The summed E-state index contributed by atoms with van der Waals surface area (Å²) in [5.41, 5.74) is 7.32. The average molecular weight is 292 g/mol. The van der Waals surface area contributed by atoms with Gasteiger partial charge in [0, 0.05) is 21.9 Å². The van der Waals surface area contributed by atoms with E-state index in [0.717, 1.165) is 15.8 Å². The summed E-state index contributed by atoms with van der Waals surface area (Å²) >= 11 is 3.33. The normalized spacial score (nSPS) is 9.94. The van der Waals surface area contributed by atoms with E-state index in [1.165, 1.54) is 0 Å². The summed E-state index contributed by atoms with van der Waals surface area (Å²) in [7, 11) is 0. The lowest BCUT2D eigenvalue weighted by Crippen LogP contribution is -2.11. The standard InChI is InChI=1S/C12H10BrN3O/c13-9-4-8(12(14)17)5-11(6-9)16-10-2-1-3-15-7-10/h1-7,16H,(H2,14,17). The van der Waals surface area contributed by atoms with Crippen LogP contribution in [0.15, 0.2) is 47.2 Å². The zero-order chi connectivity index (χ0) is 12.3. The fourth-order valence-corrected chi connectivity index (χ4v) is 1.90. The Morgan fingerprint density at radius 2 is 2.12 bits per heavy atom. The molecule has 86 valence electrons. The number of pyridine rings is 1. The number of amides is 1. The van der Waals surface area contributed by atoms with Gasteiger partial charge in [0.05, 0.1) is 11.9 Å². The van der Waals surface area contributed by atoms with E-state index in [4.69, 9.17) is 5.73 Å². The second-order valence-electron chi connectivity index (χ2n) is 3.46. The van der Waals surface area contributed by atoms with Crippen LogP contribution in [0.5, 0.6) is 0 Å². The van der Waals surface area contributed by atoms with Gasteiger partial charge in [-0.05, 0) is 30.3 Å². The lowest BCUT2D eigenvalue weighted by molar-refractivity contribution is 0.100. The number of carbonyl (C=O) groups excluding carboxylic acids is 1. The number of primary amides is 1. The number of rotatable bonds is 3. The highest BCUT2D eigenvalue weighted by atomic mass is 79.9. The highest BCUT2D eigenvalue weighted by molar-refractivity contribution is 9.10. The molecule has 2 aromatic rings. The van der Waals surface area contributed by atoms with Crippen LogP contribution < -0.4 is 11.1 Å². The summed E-state index contributed by atoms with van der Waals surface area (Å²) in [5.74, 6) is -0.458. The van der Waals surface area contributed by atoms with Crippen LogP contribution >= 0.6 is 15.9 Å². The molecule has 17 heavy (non-hydrogen) atoms. The third-order valence-electron chi connectivity index (χ3n) is 2.13. The first kappa shape index (κ1) is 11.6. The first-order valence-electron chi connectivity index (χ1n) is 4.92. The van der Waals surface area contributed by atoms with Crippen LogP contribution in [0.1, 0.15) is 10.4 Å². The quantitative estimate of drug-likeness (QED) is 0.914. The van der Waals surface area contributed by atoms with Crippen molar-refractivity contribution < 1.29 is 4.79 Å². The maximum atomic E-state index is 11.1. The van der Waals surface area contributed by atoms with Crippen LogP contribution in [-0.4, -0.2) is 10.9 Å². The van der Waals surface area contributed by atoms with Gasteiger partial charge < -0.3 is 11.1 Å². The molecule has 0 unspecified atom stereocenters. The van der Waals surface area contributed by atoms with Crippen molar-refractivity contribution in [3.8, 4) is 0 Å². The number of halogens is 1. The van der Waals surface area contributed by atoms with Crippen molar-refractivity contribution in [1.29, 1.82) is 0 Å². The van der Waals surface area contributed by atoms with Crippen molar-refractivity contribution in [2.24, 2.45) is 5.73 Å². The van der Waals surface area contributed by atoms with Crippen LogP contribution in [0.2, 0.25) is 0 Å². The number of carbonyl (C=O) groups is 1. The Morgan fingerprint density at radius 3 is 2.76 bits per heavy atom. The van der Waals surface area contributed by atoms with Gasteiger partial charge in [0.1, 0.15) is 0 Å². The Hall–Kier alpha value is -1.88. The Kier molecular flexibility index (Phi) is 3.39. The number of benzene rings is 1. The van der Waals surface area contributed by atoms with E-state index in [9.17, 15) is 4.79 Å². The molecule has 0 atom stereocenters. The van der Waals surface area contributed by atoms with Gasteiger partial charge in [0.15, 0.2) is 0 Å². The molecule has 0 aliphatic rings. The van der Waals surface area contributed by atoms with Gasteiger partial charge in [0.2, 0.25) is 5.91 Å². The molecule has 0 aliphatic carbocycles. The Morgan fingerprint density at radius 1 is 1.29 bits per heavy atom. The fourth-order valence-electron chi connectivity index (χ4n) is 1.41. The SMILES string of the molecule is NC(=O)c1cc(Br)cc(Nc2cccnc2)c1. The van der Waals surface area contributed by atoms with Gasteiger partial charge in [-0.15, -0.1) is 0 Å². The average Bonchev–Trinajstić information content (AvgIpc) is 2.29. The predicted molar refractivity (Wildman–Crippen MR) is 70.2 cm³/mol. The molecular formula is C12H10BrN3O. The molecule has 3 N–H and O–H groups in total.